The van der Waals surface area contributed by atoms with Crippen LogP contribution in [0.4, 0.5) is 13.2 Å². The van der Waals surface area contributed by atoms with Crippen LogP contribution in [-0.2, 0) is 4.79 Å². The van der Waals surface area contributed by atoms with Gasteiger partial charge in [-0.2, -0.15) is 13.2 Å². The molecule has 0 aliphatic carbocycles. The van der Waals surface area contributed by atoms with Gasteiger partial charge in [0.1, 0.15) is 0 Å². The van der Waals surface area contributed by atoms with Gasteiger partial charge in [0.25, 0.3) is 0 Å². The van der Waals surface area contributed by atoms with Crippen molar-refractivity contribution in [1.29, 1.82) is 0 Å². The van der Waals surface area contributed by atoms with Gasteiger partial charge in [-0.15, -0.1) is 0 Å². The van der Waals surface area contributed by atoms with Gasteiger partial charge in [-0.25, -0.2) is 0 Å². The van der Waals surface area contributed by atoms with E-state index < -0.39 is 24.9 Å². The first-order valence-corrected chi connectivity index (χ1v) is 6.00. The van der Waals surface area contributed by atoms with E-state index in [1.54, 1.807) is 0 Å². The number of hydrogen-bond acceptors (Lipinski definition) is 3. The van der Waals surface area contributed by atoms with Gasteiger partial charge in [-0.1, -0.05) is 13.8 Å². The standard InChI is InChI=1S/C11H21F3N2O2/c1-4-8(5-2)16-10(18)7(3)15-6-9(17)11(12,13)14/h7-9,15,17H,4-6H2,1-3H3,(H,16,18). The fraction of sp³-hybridized carbons (Fsp3) is 0.909. The molecule has 1 amide bonds. The Balaban J connectivity index is 4.09. The predicted octanol–water partition coefficient (Wildman–Crippen LogP) is 1.19. The zero-order chi connectivity index (χ0) is 14.3. The Morgan fingerprint density at radius 3 is 2.17 bits per heavy atom. The Morgan fingerprint density at radius 2 is 1.78 bits per heavy atom. The lowest BCUT2D eigenvalue weighted by atomic mass is 10.1. The molecule has 0 bridgehead atoms. The smallest absolute Gasteiger partial charge is 0.382 e. The van der Waals surface area contributed by atoms with E-state index in [2.05, 4.69) is 10.6 Å². The number of aliphatic hydroxyl groups is 1. The molecule has 0 rings (SSSR count). The number of hydrogen-bond donors (Lipinski definition) is 3. The summed E-state index contributed by atoms with van der Waals surface area (Å²) in [4.78, 5) is 11.6. The summed E-state index contributed by atoms with van der Waals surface area (Å²) in [5, 5.41) is 13.8. The molecule has 3 N–H and O–H groups in total. The topological polar surface area (TPSA) is 61.4 Å². The molecule has 0 spiro atoms. The van der Waals surface area contributed by atoms with E-state index in [1.807, 2.05) is 13.8 Å². The highest BCUT2D eigenvalue weighted by molar-refractivity contribution is 5.81. The summed E-state index contributed by atoms with van der Waals surface area (Å²) in [6.07, 6.45) is -5.60. The van der Waals surface area contributed by atoms with Crippen molar-refractivity contribution in [2.75, 3.05) is 6.54 Å². The average molecular weight is 270 g/mol. The number of nitrogens with one attached hydrogen (secondary N) is 2. The molecular weight excluding hydrogens is 249 g/mol. The fourth-order valence-electron chi connectivity index (χ4n) is 1.32. The SMILES string of the molecule is CCC(CC)NC(=O)C(C)NCC(O)C(F)(F)F. The van der Waals surface area contributed by atoms with Crippen LogP contribution in [0, 0.1) is 0 Å². The fourth-order valence-corrected chi connectivity index (χ4v) is 1.32. The number of carbonyl (C=O) groups excluding carboxylic acids is 1. The van der Waals surface area contributed by atoms with Crippen LogP contribution in [0.1, 0.15) is 33.6 Å². The molecule has 0 aromatic heterocycles. The minimum atomic E-state index is -4.67. The maximum atomic E-state index is 12.0. The molecule has 0 aliphatic heterocycles. The molecule has 0 saturated heterocycles. The summed E-state index contributed by atoms with van der Waals surface area (Å²) < 4.78 is 36.1. The lowest BCUT2D eigenvalue weighted by Crippen LogP contribution is -2.49. The molecule has 0 aromatic carbocycles. The molecule has 2 atom stereocenters. The van der Waals surface area contributed by atoms with Gasteiger partial charge < -0.3 is 15.7 Å². The Morgan fingerprint density at radius 1 is 1.28 bits per heavy atom. The summed E-state index contributed by atoms with van der Waals surface area (Å²) in [5.41, 5.74) is 0. The van der Waals surface area contributed by atoms with Gasteiger partial charge in [0, 0.05) is 12.6 Å². The lowest BCUT2D eigenvalue weighted by molar-refractivity contribution is -0.202. The van der Waals surface area contributed by atoms with E-state index >= 15 is 0 Å². The number of aliphatic hydroxyl groups excluding tert-OH is 1. The monoisotopic (exact) mass is 270 g/mol. The van der Waals surface area contributed by atoms with Crippen LogP contribution in [0.5, 0.6) is 0 Å². The molecule has 0 heterocycles. The first kappa shape index (κ1) is 17.2. The second-order valence-electron chi connectivity index (χ2n) is 4.21. The Bertz CT molecular complexity index is 255. The van der Waals surface area contributed by atoms with E-state index in [9.17, 15) is 18.0 Å². The van der Waals surface area contributed by atoms with Crippen LogP contribution in [0.15, 0.2) is 0 Å². The number of halogens is 3. The third-order valence-electron chi connectivity index (χ3n) is 2.72. The third-order valence-corrected chi connectivity index (χ3v) is 2.72. The van der Waals surface area contributed by atoms with Crippen molar-refractivity contribution in [2.24, 2.45) is 0 Å². The van der Waals surface area contributed by atoms with Gasteiger partial charge in [0.05, 0.1) is 6.04 Å². The number of amides is 1. The number of alkyl halides is 3. The van der Waals surface area contributed by atoms with Crippen molar-refractivity contribution >= 4 is 5.91 Å². The highest BCUT2D eigenvalue weighted by Gasteiger charge is 2.38. The Labute approximate surface area is 105 Å². The van der Waals surface area contributed by atoms with Crippen LogP contribution >= 0.6 is 0 Å². The van der Waals surface area contributed by atoms with E-state index in [0.29, 0.717) is 0 Å². The summed E-state index contributed by atoms with van der Waals surface area (Å²) in [5.74, 6) is -0.363. The molecule has 0 fully saturated rings. The molecule has 4 nitrogen and oxygen atoms in total. The normalized spacial score (nSPS) is 15.6. The molecule has 0 aliphatic rings. The van der Waals surface area contributed by atoms with Crippen molar-refractivity contribution in [2.45, 2.75) is 58.0 Å². The zero-order valence-electron chi connectivity index (χ0n) is 10.8. The minimum Gasteiger partial charge on any atom is -0.382 e. The molecule has 108 valence electrons. The van der Waals surface area contributed by atoms with Crippen LogP contribution in [-0.4, -0.2) is 41.9 Å². The molecule has 7 heteroatoms. The van der Waals surface area contributed by atoms with E-state index in [0.717, 1.165) is 12.8 Å². The summed E-state index contributed by atoms with van der Waals surface area (Å²) in [6.45, 7) is 4.60. The van der Waals surface area contributed by atoms with Gasteiger partial charge >= 0.3 is 6.18 Å². The first-order valence-electron chi connectivity index (χ1n) is 6.00. The highest BCUT2D eigenvalue weighted by Crippen LogP contribution is 2.19. The highest BCUT2D eigenvalue weighted by atomic mass is 19.4. The van der Waals surface area contributed by atoms with Gasteiger partial charge in [0.15, 0.2) is 6.10 Å². The van der Waals surface area contributed by atoms with Crippen molar-refractivity contribution < 1.29 is 23.1 Å². The quantitative estimate of drug-likeness (QED) is 0.651. The molecule has 0 radical (unpaired) electrons. The van der Waals surface area contributed by atoms with E-state index in [1.165, 1.54) is 6.92 Å². The van der Waals surface area contributed by atoms with Crippen LogP contribution in [0.2, 0.25) is 0 Å². The maximum Gasteiger partial charge on any atom is 0.415 e. The van der Waals surface area contributed by atoms with Crippen LogP contribution in [0.25, 0.3) is 0 Å². The van der Waals surface area contributed by atoms with Crippen LogP contribution in [0.3, 0.4) is 0 Å². The lowest BCUT2D eigenvalue weighted by Gasteiger charge is -2.21. The molecule has 2 unspecified atom stereocenters. The summed E-state index contributed by atoms with van der Waals surface area (Å²) in [7, 11) is 0. The third kappa shape index (κ3) is 6.20. The minimum absolute atomic E-state index is 0.0225. The number of carbonyl (C=O) groups is 1. The Hall–Kier alpha value is -0.820. The maximum absolute atomic E-state index is 12.0. The Kier molecular flexibility index (Phi) is 7.23. The number of rotatable bonds is 7. The second-order valence-corrected chi connectivity index (χ2v) is 4.21. The molecule has 18 heavy (non-hydrogen) atoms. The summed E-state index contributed by atoms with van der Waals surface area (Å²) in [6, 6.07) is -0.753. The molecular formula is C11H21F3N2O2. The van der Waals surface area contributed by atoms with Crippen molar-refractivity contribution in [1.82, 2.24) is 10.6 Å². The van der Waals surface area contributed by atoms with Crippen molar-refractivity contribution in [3.05, 3.63) is 0 Å². The summed E-state index contributed by atoms with van der Waals surface area (Å²) >= 11 is 0. The van der Waals surface area contributed by atoms with E-state index in [4.69, 9.17) is 5.11 Å². The molecule has 0 aromatic rings. The molecule has 0 saturated carbocycles. The second kappa shape index (κ2) is 7.58. The predicted molar refractivity (Wildman–Crippen MR) is 62.0 cm³/mol. The van der Waals surface area contributed by atoms with Gasteiger partial charge in [-0.05, 0) is 19.8 Å². The largest absolute Gasteiger partial charge is 0.415 e. The zero-order valence-corrected chi connectivity index (χ0v) is 10.8. The van der Waals surface area contributed by atoms with Crippen molar-refractivity contribution in [3.8, 4) is 0 Å². The van der Waals surface area contributed by atoms with Crippen molar-refractivity contribution in [3.63, 3.8) is 0 Å². The average Bonchev–Trinajstić information content (AvgIpc) is 2.30. The van der Waals surface area contributed by atoms with E-state index in [-0.39, 0.29) is 11.9 Å². The van der Waals surface area contributed by atoms with Gasteiger partial charge in [0.2, 0.25) is 5.91 Å². The first-order chi connectivity index (χ1) is 8.22. The van der Waals surface area contributed by atoms with Gasteiger partial charge in [-0.3, -0.25) is 4.79 Å². The van der Waals surface area contributed by atoms with Crippen LogP contribution < -0.4 is 10.6 Å².